The van der Waals surface area contributed by atoms with Gasteiger partial charge in [-0.25, -0.2) is 4.98 Å². The van der Waals surface area contributed by atoms with Gasteiger partial charge in [-0.15, -0.1) is 0 Å². The maximum atomic E-state index is 12.4. The second kappa shape index (κ2) is 10.4. The molecule has 4 heterocycles. The van der Waals surface area contributed by atoms with Crippen LogP contribution in [0.1, 0.15) is 0 Å². The van der Waals surface area contributed by atoms with E-state index in [4.69, 9.17) is 14.7 Å². The molecule has 10 heteroatoms. The number of nitrogens with zero attached hydrogens (tertiary/aromatic N) is 5. The highest BCUT2D eigenvalue weighted by Gasteiger charge is 2.22. The summed E-state index contributed by atoms with van der Waals surface area (Å²) in [5.74, 6) is 0.741. The molecule has 3 aromatic heterocycles. The lowest BCUT2D eigenvalue weighted by Gasteiger charge is -2.35. The second-order valence-corrected chi connectivity index (χ2v) is 9.98. The van der Waals surface area contributed by atoms with Crippen LogP contribution < -0.4 is 20.3 Å². The van der Waals surface area contributed by atoms with Crippen molar-refractivity contribution < 1.29 is 9.53 Å². The zero-order valence-electron chi connectivity index (χ0n) is 22.9. The summed E-state index contributed by atoms with van der Waals surface area (Å²) in [7, 11) is 5.78. The number of aromatic nitrogens is 4. The van der Waals surface area contributed by atoms with E-state index in [0.717, 1.165) is 59.4 Å². The molecule has 1 amide bonds. The van der Waals surface area contributed by atoms with E-state index in [1.54, 1.807) is 7.11 Å². The number of hydrogen-bond acceptors (Lipinski definition) is 7. The van der Waals surface area contributed by atoms with E-state index < -0.39 is 0 Å². The Bertz CT molecular complexity index is 1730. The van der Waals surface area contributed by atoms with Gasteiger partial charge in [-0.1, -0.05) is 24.8 Å². The van der Waals surface area contributed by atoms with Crippen LogP contribution in [0.3, 0.4) is 0 Å². The van der Waals surface area contributed by atoms with E-state index in [1.807, 2.05) is 43.6 Å². The van der Waals surface area contributed by atoms with Crippen molar-refractivity contribution in [3.63, 3.8) is 0 Å². The Morgan fingerprint density at radius 1 is 1.05 bits per heavy atom. The fourth-order valence-electron chi connectivity index (χ4n) is 5.28. The maximum absolute atomic E-state index is 12.4. The Labute approximate surface area is 232 Å². The predicted octanol–water partition coefficient (Wildman–Crippen LogP) is 4.75. The fourth-order valence-corrected chi connectivity index (χ4v) is 5.28. The van der Waals surface area contributed by atoms with E-state index in [-0.39, 0.29) is 5.91 Å². The normalized spacial score (nSPS) is 14.0. The SMILES string of the molecule is C=CC(=O)Nc1cc(Nc2nc(-c3cn(C)c4ccccc34)c3cc[nH]c3n2)c(OC)cc1N1CCN(C)CC1. The van der Waals surface area contributed by atoms with Crippen LogP contribution >= 0.6 is 0 Å². The van der Waals surface area contributed by atoms with Crippen LogP contribution in [0.5, 0.6) is 5.75 Å². The van der Waals surface area contributed by atoms with Crippen LogP contribution in [0.15, 0.2) is 67.5 Å². The Hall–Kier alpha value is -4.83. The molecule has 0 aliphatic carbocycles. The maximum Gasteiger partial charge on any atom is 0.247 e. The minimum atomic E-state index is -0.284. The number of hydrogen-bond donors (Lipinski definition) is 3. The summed E-state index contributed by atoms with van der Waals surface area (Å²) in [6.07, 6.45) is 5.23. The lowest BCUT2D eigenvalue weighted by atomic mass is 10.1. The Kier molecular flexibility index (Phi) is 6.61. The lowest BCUT2D eigenvalue weighted by molar-refractivity contribution is -0.111. The number of fused-ring (bicyclic) bond motifs is 2. The third kappa shape index (κ3) is 4.62. The standard InChI is InChI=1S/C30H32N8O2/c1-5-27(39)32-22-16-23(26(40-4)17-25(22)38-14-12-36(2)13-15-38)33-30-34-28(20-10-11-31-29(20)35-30)21-18-37(3)24-9-7-6-8-19(21)24/h5-11,16-18H,1,12-15H2,2-4H3,(H,32,39)(H2,31,33,34,35). The summed E-state index contributed by atoms with van der Waals surface area (Å²) in [6.45, 7) is 7.15. The quantitative estimate of drug-likeness (QED) is 0.258. The van der Waals surface area contributed by atoms with Gasteiger partial charge < -0.3 is 34.7 Å². The number of aryl methyl sites for hydroxylation is 1. The molecule has 40 heavy (non-hydrogen) atoms. The van der Waals surface area contributed by atoms with Crippen molar-refractivity contribution in [2.75, 3.05) is 55.9 Å². The number of likely N-dealkylation sites (N-methyl/N-ethyl adjacent to an activating group) is 1. The molecule has 3 N–H and O–H groups in total. The predicted molar refractivity (Wildman–Crippen MR) is 161 cm³/mol. The van der Waals surface area contributed by atoms with Gasteiger partial charge in [0.05, 0.1) is 29.9 Å². The van der Waals surface area contributed by atoms with Gasteiger partial charge in [0.2, 0.25) is 11.9 Å². The molecule has 0 spiro atoms. The second-order valence-electron chi connectivity index (χ2n) is 9.98. The molecule has 5 aromatic rings. The van der Waals surface area contributed by atoms with Gasteiger partial charge in [0, 0.05) is 73.5 Å². The zero-order chi connectivity index (χ0) is 27.8. The van der Waals surface area contributed by atoms with Crippen molar-refractivity contribution in [1.29, 1.82) is 0 Å². The number of amides is 1. The Morgan fingerprint density at radius 3 is 2.62 bits per heavy atom. The van der Waals surface area contributed by atoms with Crippen molar-refractivity contribution in [2.45, 2.75) is 0 Å². The van der Waals surface area contributed by atoms with Gasteiger partial charge in [-0.3, -0.25) is 4.79 Å². The van der Waals surface area contributed by atoms with Gasteiger partial charge in [0.25, 0.3) is 0 Å². The fraction of sp³-hybridized carbons (Fsp3) is 0.233. The molecule has 1 saturated heterocycles. The molecule has 0 atom stereocenters. The average molecular weight is 537 g/mol. The van der Waals surface area contributed by atoms with Crippen LogP contribution in [-0.2, 0) is 11.8 Å². The van der Waals surface area contributed by atoms with Crippen molar-refractivity contribution >= 4 is 50.9 Å². The molecular formula is C30H32N8O2. The largest absolute Gasteiger partial charge is 0.494 e. The molecule has 0 bridgehead atoms. The van der Waals surface area contributed by atoms with Crippen LogP contribution in [0.25, 0.3) is 33.2 Å². The number of rotatable bonds is 7. The highest BCUT2D eigenvalue weighted by molar-refractivity contribution is 6.04. The molecule has 204 valence electrons. The van der Waals surface area contributed by atoms with Gasteiger partial charge in [-0.05, 0) is 31.3 Å². The molecule has 1 aliphatic rings. The van der Waals surface area contributed by atoms with Crippen molar-refractivity contribution in [3.05, 3.63) is 67.5 Å². The zero-order valence-corrected chi connectivity index (χ0v) is 22.9. The van der Waals surface area contributed by atoms with Crippen molar-refractivity contribution in [1.82, 2.24) is 24.4 Å². The van der Waals surface area contributed by atoms with Crippen molar-refractivity contribution in [3.8, 4) is 17.0 Å². The van der Waals surface area contributed by atoms with Gasteiger partial charge >= 0.3 is 0 Å². The Morgan fingerprint density at radius 2 is 1.85 bits per heavy atom. The van der Waals surface area contributed by atoms with E-state index >= 15 is 0 Å². The Balaban J connectivity index is 1.44. The monoisotopic (exact) mass is 536 g/mol. The number of ether oxygens (including phenoxy) is 1. The van der Waals surface area contributed by atoms with Crippen molar-refractivity contribution in [2.24, 2.45) is 7.05 Å². The molecule has 0 saturated carbocycles. The van der Waals surface area contributed by atoms with Crippen LogP contribution in [0, 0.1) is 0 Å². The van der Waals surface area contributed by atoms with Crippen LogP contribution in [-0.4, -0.2) is 70.7 Å². The molecule has 6 rings (SSSR count). The molecule has 10 nitrogen and oxygen atoms in total. The highest BCUT2D eigenvalue weighted by Crippen LogP contribution is 2.40. The van der Waals surface area contributed by atoms with E-state index in [9.17, 15) is 4.79 Å². The molecule has 1 aliphatic heterocycles. The first-order chi connectivity index (χ1) is 19.4. The first-order valence-corrected chi connectivity index (χ1v) is 13.2. The molecule has 1 fully saturated rings. The lowest BCUT2D eigenvalue weighted by Crippen LogP contribution is -2.44. The number of carbonyl (C=O) groups is 1. The summed E-state index contributed by atoms with van der Waals surface area (Å²) in [4.78, 5) is 29.9. The summed E-state index contributed by atoms with van der Waals surface area (Å²) >= 11 is 0. The summed E-state index contributed by atoms with van der Waals surface area (Å²) in [6, 6.07) is 14.1. The number of piperazine rings is 1. The van der Waals surface area contributed by atoms with Crippen LogP contribution in [0.4, 0.5) is 23.0 Å². The number of anilines is 4. The summed E-state index contributed by atoms with van der Waals surface area (Å²) < 4.78 is 7.91. The van der Waals surface area contributed by atoms with E-state index in [0.29, 0.717) is 28.7 Å². The molecule has 2 aromatic carbocycles. The summed E-state index contributed by atoms with van der Waals surface area (Å²) in [5, 5.41) is 8.38. The number of benzene rings is 2. The highest BCUT2D eigenvalue weighted by atomic mass is 16.5. The number of H-pyrrole nitrogens is 1. The van der Waals surface area contributed by atoms with Gasteiger partial charge in [0.1, 0.15) is 11.4 Å². The molecule has 0 radical (unpaired) electrons. The first-order valence-electron chi connectivity index (χ1n) is 13.2. The summed E-state index contributed by atoms with van der Waals surface area (Å²) in [5.41, 5.74) is 5.86. The number of para-hydroxylation sites is 1. The third-order valence-corrected chi connectivity index (χ3v) is 7.42. The number of methoxy groups -OCH3 is 1. The minimum absolute atomic E-state index is 0.284. The third-order valence-electron chi connectivity index (χ3n) is 7.42. The van der Waals surface area contributed by atoms with Gasteiger partial charge in [0.15, 0.2) is 0 Å². The average Bonchev–Trinajstić information content (AvgIpc) is 3.58. The van der Waals surface area contributed by atoms with E-state index in [2.05, 4.69) is 61.9 Å². The molecule has 0 unspecified atom stereocenters. The minimum Gasteiger partial charge on any atom is -0.494 e. The number of aromatic amines is 1. The molecular weight excluding hydrogens is 504 g/mol. The number of nitrogens with one attached hydrogen (secondary N) is 3. The van der Waals surface area contributed by atoms with Crippen LogP contribution in [0.2, 0.25) is 0 Å². The van der Waals surface area contributed by atoms with E-state index in [1.165, 1.54) is 6.08 Å². The first kappa shape index (κ1) is 25.4. The number of carbonyl (C=O) groups excluding carboxylic acids is 1. The topological polar surface area (TPSA) is 103 Å². The smallest absolute Gasteiger partial charge is 0.247 e. The van der Waals surface area contributed by atoms with Gasteiger partial charge in [-0.2, -0.15) is 4.98 Å².